The maximum Gasteiger partial charge on any atom is 0.451 e. The van der Waals surface area contributed by atoms with Gasteiger partial charge in [-0.1, -0.05) is 6.07 Å². The molecule has 0 atom stereocenters. The van der Waals surface area contributed by atoms with Crippen LogP contribution >= 0.6 is 0 Å². The maximum absolute atomic E-state index is 12.7. The second kappa shape index (κ2) is 6.35. The first-order chi connectivity index (χ1) is 11.3. The topological polar surface area (TPSA) is 45.2 Å². The number of fused-ring (bicyclic) bond motifs is 1. The Morgan fingerprint density at radius 2 is 1.96 bits per heavy atom. The van der Waals surface area contributed by atoms with Crippen LogP contribution in [-0.4, -0.2) is 40.5 Å². The van der Waals surface area contributed by atoms with Crippen molar-refractivity contribution in [1.29, 1.82) is 0 Å². The van der Waals surface area contributed by atoms with Crippen LogP contribution in [0.15, 0.2) is 24.5 Å². The van der Waals surface area contributed by atoms with E-state index in [0.717, 1.165) is 16.9 Å². The molecule has 24 heavy (non-hydrogen) atoms. The number of alkyl halides is 3. The van der Waals surface area contributed by atoms with Crippen LogP contribution in [0.25, 0.3) is 0 Å². The molecule has 0 spiro atoms. The molecule has 3 rings (SSSR count). The van der Waals surface area contributed by atoms with Crippen LogP contribution in [0.4, 0.5) is 19.0 Å². The number of anilines is 1. The van der Waals surface area contributed by atoms with Crippen LogP contribution in [0.3, 0.4) is 0 Å². The normalized spacial score (nSPS) is 15.2. The van der Waals surface area contributed by atoms with E-state index in [2.05, 4.69) is 19.9 Å². The molecule has 0 aliphatic carbocycles. The molecule has 0 fully saturated rings. The number of aromatic nitrogens is 3. The average molecular weight is 337 g/mol. The van der Waals surface area contributed by atoms with Gasteiger partial charge in [-0.15, -0.1) is 0 Å². The highest BCUT2D eigenvalue weighted by atomic mass is 19.4. The van der Waals surface area contributed by atoms with Crippen LogP contribution in [-0.2, 0) is 25.7 Å². The highest BCUT2D eigenvalue weighted by molar-refractivity contribution is 5.37. The Kier molecular flexibility index (Phi) is 4.40. The highest BCUT2D eigenvalue weighted by Gasteiger charge is 2.35. The summed E-state index contributed by atoms with van der Waals surface area (Å²) in [6.07, 6.45) is -0.880. The SMILES string of the molecule is CN(C)c1ccc(CN2CCc3nc(C(F)(F)F)ncc3C2)cn1. The summed E-state index contributed by atoms with van der Waals surface area (Å²) in [4.78, 5) is 15.6. The molecule has 1 aliphatic heterocycles. The number of nitrogens with zero attached hydrogens (tertiary/aromatic N) is 5. The Labute approximate surface area is 138 Å². The van der Waals surface area contributed by atoms with Crippen LogP contribution in [0, 0.1) is 0 Å². The van der Waals surface area contributed by atoms with Gasteiger partial charge in [0.1, 0.15) is 5.82 Å². The van der Waals surface area contributed by atoms with Gasteiger partial charge >= 0.3 is 6.18 Å². The lowest BCUT2D eigenvalue weighted by Crippen LogP contribution is -2.31. The van der Waals surface area contributed by atoms with Crippen molar-refractivity contribution < 1.29 is 13.2 Å². The largest absolute Gasteiger partial charge is 0.451 e. The second-order valence-electron chi connectivity index (χ2n) is 6.04. The van der Waals surface area contributed by atoms with Gasteiger partial charge in [-0.2, -0.15) is 13.2 Å². The monoisotopic (exact) mass is 337 g/mol. The van der Waals surface area contributed by atoms with Crippen molar-refractivity contribution in [3.63, 3.8) is 0 Å². The lowest BCUT2D eigenvalue weighted by atomic mass is 10.1. The Bertz CT molecular complexity index is 713. The lowest BCUT2D eigenvalue weighted by molar-refractivity contribution is -0.145. The van der Waals surface area contributed by atoms with Crippen molar-refractivity contribution in [2.75, 3.05) is 25.5 Å². The summed E-state index contributed by atoms with van der Waals surface area (Å²) >= 11 is 0. The molecule has 0 saturated carbocycles. The smallest absolute Gasteiger partial charge is 0.363 e. The number of hydrogen-bond donors (Lipinski definition) is 0. The van der Waals surface area contributed by atoms with Crippen molar-refractivity contribution in [3.05, 3.63) is 47.2 Å². The van der Waals surface area contributed by atoms with E-state index in [-0.39, 0.29) is 0 Å². The van der Waals surface area contributed by atoms with Crippen molar-refractivity contribution in [2.24, 2.45) is 0 Å². The fraction of sp³-hybridized carbons (Fsp3) is 0.438. The summed E-state index contributed by atoms with van der Waals surface area (Å²) in [5, 5.41) is 0. The van der Waals surface area contributed by atoms with Crippen LogP contribution < -0.4 is 4.90 Å². The molecule has 2 aromatic rings. The highest BCUT2D eigenvalue weighted by Crippen LogP contribution is 2.28. The van der Waals surface area contributed by atoms with Gasteiger partial charge < -0.3 is 4.90 Å². The van der Waals surface area contributed by atoms with Crippen molar-refractivity contribution in [2.45, 2.75) is 25.7 Å². The molecule has 0 unspecified atom stereocenters. The van der Waals surface area contributed by atoms with E-state index >= 15 is 0 Å². The van der Waals surface area contributed by atoms with Gasteiger partial charge in [-0.3, -0.25) is 4.90 Å². The Balaban J connectivity index is 1.69. The Morgan fingerprint density at radius 3 is 2.58 bits per heavy atom. The van der Waals surface area contributed by atoms with Gasteiger partial charge in [0.2, 0.25) is 5.82 Å². The predicted octanol–water partition coefficient (Wildman–Crippen LogP) is 2.51. The second-order valence-corrected chi connectivity index (χ2v) is 6.04. The molecular weight excluding hydrogens is 319 g/mol. The predicted molar refractivity (Wildman–Crippen MR) is 83.4 cm³/mol. The third-order valence-electron chi connectivity index (χ3n) is 3.94. The van der Waals surface area contributed by atoms with E-state index in [1.165, 1.54) is 6.20 Å². The van der Waals surface area contributed by atoms with Crippen molar-refractivity contribution >= 4 is 5.82 Å². The quantitative estimate of drug-likeness (QED) is 0.861. The van der Waals surface area contributed by atoms with Crippen LogP contribution in [0.1, 0.15) is 22.6 Å². The minimum atomic E-state index is -4.49. The summed E-state index contributed by atoms with van der Waals surface area (Å²) < 4.78 is 38.0. The number of halogens is 3. The van der Waals surface area contributed by atoms with E-state index in [1.807, 2.05) is 37.3 Å². The van der Waals surface area contributed by atoms with Gasteiger partial charge in [0.05, 0.1) is 5.69 Å². The average Bonchev–Trinajstić information content (AvgIpc) is 2.54. The van der Waals surface area contributed by atoms with E-state index in [0.29, 0.717) is 31.7 Å². The summed E-state index contributed by atoms with van der Waals surface area (Å²) in [5.41, 5.74) is 2.32. The van der Waals surface area contributed by atoms with E-state index in [4.69, 9.17) is 0 Å². The number of rotatable bonds is 3. The first-order valence-electron chi connectivity index (χ1n) is 7.59. The zero-order chi connectivity index (χ0) is 17.3. The molecule has 8 heteroatoms. The standard InChI is InChI=1S/C16H18F3N5/c1-23(2)14-4-3-11(7-20-14)9-24-6-5-13-12(10-24)8-21-15(22-13)16(17,18)19/h3-4,7-8H,5-6,9-10H2,1-2H3. The third-order valence-corrected chi connectivity index (χ3v) is 3.94. The molecule has 0 amide bonds. The summed E-state index contributed by atoms with van der Waals surface area (Å²) in [6, 6.07) is 3.97. The number of pyridine rings is 1. The summed E-state index contributed by atoms with van der Waals surface area (Å²) in [6.45, 7) is 1.90. The maximum atomic E-state index is 12.7. The molecule has 0 aromatic carbocycles. The minimum Gasteiger partial charge on any atom is -0.363 e. The molecular formula is C16H18F3N5. The van der Waals surface area contributed by atoms with Crippen molar-refractivity contribution in [3.8, 4) is 0 Å². The van der Waals surface area contributed by atoms with E-state index in [1.54, 1.807) is 0 Å². The molecule has 5 nitrogen and oxygen atoms in total. The first-order valence-corrected chi connectivity index (χ1v) is 7.59. The van der Waals surface area contributed by atoms with Gasteiger partial charge in [0, 0.05) is 58.1 Å². The fourth-order valence-electron chi connectivity index (χ4n) is 2.68. The van der Waals surface area contributed by atoms with Gasteiger partial charge in [0.25, 0.3) is 0 Å². The molecule has 0 N–H and O–H groups in total. The van der Waals surface area contributed by atoms with Crippen molar-refractivity contribution in [1.82, 2.24) is 19.9 Å². The fourth-order valence-corrected chi connectivity index (χ4v) is 2.68. The van der Waals surface area contributed by atoms with Gasteiger partial charge in [-0.25, -0.2) is 15.0 Å². The van der Waals surface area contributed by atoms with Gasteiger partial charge in [0.15, 0.2) is 0 Å². The van der Waals surface area contributed by atoms with Gasteiger partial charge in [-0.05, 0) is 11.6 Å². The van der Waals surface area contributed by atoms with Crippen LogP contribution in [0.5, 0.6) is 0 Å². The molecule has 0 bridgehead atoms. The summed E-state index contributed by atoms with van der Waals surface area (Å²) in [7, 11) is 3.86. The van der Waals surface area contributed by atoms with E-state index in [9.17, 15) is 13.2 Å². The Hall–Kier alpha value is -2.22. The number of hydrogen-bond acceptors (Lipinski definition) is 5. The molecule has 1 aliphatic rings. The Morgan fingerprint density at radius 1 is 1.17 bits per heavy atom. The van der Waals surface area contributed by atoms with Crippen LogP contribution in [0.2, 0.25) is 0 Å². The minimum absolute atomic E-state index is 0.490. The lowest BCUT2D eigenvalue weighted by Gasteiger charge is -2.28. The molecule has 2 aromatic heterocycles. The zero-order valence-corrected chi connectivity index (χ0v) is 13.5. The first kappa shape index (κ1) is 16.6. The third kappa shape index (κ3) is 3.64. The molecule has 128 valence electrons. The molecule has 0 radical (unpaired) electrons. The molecule has 3 heterocycles. The molecule has 0 saturated heterocycles. The zero-order valence-electron chi connectivity index (χ0n) is 13.5. The van der Waals surface area contributed by atoms with E-state index < -0.39 is 12.0 Å². The summed E-state index contributed by atoms with van der Waals surface area (Å²) in [5.74, 6) is -0.172.